The number of carbonyl (C=O) groups excluding carboxylic acids is 2. The van der Waals surface area contributed by atoms with Gasteiger partial charge in [-0.15, -0.1) is 0 Å². The Bertz CT molecular complexity index is 270. The highest BCUT2D eigenvalue weighted by Gasteiger charge is 2.25. The molecular formula is C13H22NO3. The Morgan fingerprint density at radius 3 is 2.71 bits per heavy atom. The Hall–Kier alpha value is -1.06. The number of hydrogen-bond acceptors (Lipinski definition) is 3. The van der Waals surface area contributed by atoms with E-state index in [1.807, 2.05) is 27.1 Å². The second-order valence-corrected chi connectivity index (χ2v) is 5.72. The minimum atomic E-state index is -0.464. The highest BCUT2D eigenvalue weighted by Crippen LogP contribution is 2.26. The Kier molecular flexibility index (Phi) is 4.97. The van der Waals surface area contributed by atoms with E-state index in [1.54, 1.807) is 0 Å². The molecule has 0 aromatic carbocycles. The van der Waals surface area contributed by atoms with Crippen LogP contribution in [0.4, 0.5) is 4.79 Å². The molecule has 1 rings (SSSR count). The first-order chi connectivity index (χ1) is 7.90. The molecule has 4 nitrogen and oxygen atoms in total. The Balaban J connectivity index is 2.35. The molecule has 0 heterocycles. The first kappa shape index (κ1) is 14.0. The van der Waals surface area contributed by atoms with Gasteiger partial charge in [0.2, 0.25) is 0 Å². The fourth-order valence-corrected chi connectivity index (χ4v) is 2.20. The Labute approximate surface area is 103 Å². The van der Waals surface area contributed by atoms with Gasteiger partial charge in [0.1, 0.15) is 5.60 Å². The maximum atomic E-state index is 11.6. The van der Waals surface area contributed by atoms with E-state index in [9.17, 15) is 9.59 Å². The summed E-state index contributed by atoms with van der Waals surface area (Å²) < 4.78 is 5.21. The van der Waals surface area contributed by atoms with E-state index in [0.717, 1.165) is 25.7 Å². The number of amides is 1. The van der Waals surface area contributed by atoms with E-state index in [4.69, 9.17) is 4.74 Å². The first-order valence-electron chi connectivity index (χ1n) is 6.25. The molecule has 0 saturated heterocycles. The van der Waals surface area contributed by atoms with Crippen molar-refractivity contribution < 1.29 is 14.3 Å². The van der Waals surface area contributed by atoms with Crippen molar-refractivity contribution in [2.45, 2.75) is 64.5 Å². The van der Waals surface area contributed by atoms with Crippen LogP contribution in [-0.2, 0) is 9.53 Å². The summed E-state index contributed by atoms with van der Waals surface area (Å²) in [5.41, 5.74) is -0.464. The normalized spacial score (nSPS) is 25.1. The van der Waals surface area contributed by atoms with E-state index in [-0.39, 0.29) is 12.1 Å². The van der Waals surface area contributed by atoms with Crippen molar-refractivity contribution in [2.75, 3.05) is 0 Å². The quantitative estimate of drug-likeness (QED) is 0.824. The van der Waals surface area contributed by atoms with Gasteiger partial charge >= 0.3 is 6.09 Å². The third-order valence-corrected chi connectivity index (χ3v) is 2.88. The minimum absolute atomic E-state index is 0.136. The summed E-state index contributed by atoms with van der Waals surface area (Å²) in [4.78, 5) is 21.9. The van der Waals surface area contributed by atoms with E-state index in [0.29, 0.717) is 12.3 Å². The lowest BCUT2D eigenvalue weighted by Crippen LogP contribution is -2.41. The van der Waals surface area contributed by atoms with Crippen molar-refractivity contribution in [2.24, 2.45) is 5.92 Å². The van der Waals surface area contributed by atoms with Gasteiger partial charge in [-0.05, 0) is 46.0 Å². The van der Waals surface area contributed by atoms with Gasteiger partial charge in [0.05, 0.1) is 0 Å². The number of ether oxygens (including phenoxy) is 1. The Morgan fingerprint density at radius 2 is 2.12 bits per heavy atom. The molecule has 0 spiro atoms. The van der Waals surface area contributed by atoms with Gasteiger partial charge in [-0.25, -0.2) is 4.79 Å². The zero-order valence-corrected chi connectivity index (χ0v) is 10.9. The average molecular weight is 240 g/mol. The van der Waals surface area contributed by atoms with Crippen molar-refractivity contribution >= 4 is 12.4 Å². The third kappa shape index (κ3) is 5.71. The van der Waals surface area contributed by atoms with Gasteiger partial charge < -0.3 is 10.1 Å². The SMILES string of the molecule is CC(C)(C)OC(=O)NC1CCCC(C[C]=O)C1. The molecule has 4 heteroatoms. The van der Waals surface area contributed by atoms with Crippen molar-refractivity contribution in [1.29, 1.82) is 0 Å². The smallest absolute Gasteiger partial charge is 0.407 e. The molecule has 1 aliphatic carbocycles. The molecule has 0 aromatic heterocycles. The molecule has 2 atom stereocenters. The number of hydrogen-bond donors (Lipinski definition) is 1. The number of alkyl carbamates (subject to hydrolysis) is 1. The summed E-state index contributed by atoms with van der Waals surface area (Å²) in [6.45, 7) is 5.53. The highest BCUT2D eigenvalue weighted by atomic mass is 16.6. The van der Waals surface area contributed by atoms with Crippen LogP contribution in [0, 0.1) is 5.92 Å². The van der Waals surface area contributed by atoms with Gasteiger partial charge in [0.25, 0.3) is 0 Å². The van der Waals surface area contributed by atoms with E-state index < -0.39 is 5.60 Å². The summed E-state index contributed by atoms with van der Waals surface area (Å²) >= 11 is 0. The lowest BCUT2D eigenvalue weighted by atomic mass is 9.84. The predicted molar refractivity (Wildman–Crippen MR) is 65.4 cm³/mol. The van der Waals surface area contributed by atoms with Crippen LogP contribution in [0.5, 0.6) is 0 Å². The van der Waals surface area contributed by atoms with E-state index >= 15 is 0 Å². The van der Waals surface area contributed by atoms with Crippen LogP contribution in [0.2, 0.25) is 0 Å². The molecule has 0 aromatic rings. The monoisotopic (exact) mass is 240 g/mol. The van der Waals surface area contributed by atoms with Gasteiger partial charge in [0, 0.05) is 12.5 Å². The summed E-state index contributed by atoms with van der Waals surface area (Å²) in [5.74, 6) is 0.362. The molecule has 1 saturated carbocycles. The second kappa shape index (κ2) is 6.03. The first-order valence-corrected chi connectivity index (χ1v) is 6.25. The molecular weight excluding hydrogens is 218 g/mol. The van der Waals surface area contributed by atoms with Crippen LogP contribution in [0.15, 0.2) is 0 Å². The van der Waals surface area contributed by atoms with Crippen LogP contribution in [0.3, 0.4) is 0 Å². The van der Waals surface area contributed by atoms with Crippen molar-refractivity contribution in [3.8, 4) is 0 Å². The minimum Gasteiger partial charge on any atom is -0.444 e. The third-order valence-electron chi connectivity index (χ3n) is 2.88. The summed E-state index contributed by atoms with van der Waals surface area (Å²) in [6, 6.07) is 0.136. The van der Waals surface area contributed by atoms with E-state index in [2.05, 4.69) is 5.32 Å². The molecule has 0 bridgehead atoms. The standard InChI is InChI=1S/C13H22NO3/c1-13(2,3)17-12(16)14-11-6-4-5-10(9-11)7-8-15/h10-11H,4-7,9H2,1-3H3,(H,14,16). The highest BCUT2D eigenvalue weighted by molar-refractivity contribution is 5.68. The molecule has 1 radical (unpaired) electrons. The molecule has 2 unspecified atom stereocenters. The van der Waals surface area contributed by atoms with Crippen molar-refractivity contribution in [3.05, 3.63) is 0 Å². The zero-order chi connectivity index (χ0) is 12.9. The summed E-state index contributed by atoms with van der Waals surface area (Å²) in [5, 5.41) is 2.87. The number of nitrogens with one attached hydrogen (secondary N) is 1. The van der Waals surface area contributed by atoms with Crippen molar-refractivity contribution in [3.63, 3.8) is 0 Å². The topological polar surface area (TPSA) is 55.4 Å². The fraction of sp³-hybridized carbons (Fsp3) is 0.846. The zero-order valence-electron chi connectivity index (χ0n) is 10.9. The fourth-order valence-electron chi connectivity index (χ4n) is 2.20. The average Bonchev–Trinajstić information content (AvgIpc) is 2.15. The maximum absolute atomic E-state index is 11.6. The van der Waals surface area contributed by atoms with Crippen LogP contribution >= 0.6 is 0 Å². The molecule has 17 heavy (non-hydrogen) atoms. The van der Waals surface area contributed by atoms with Crippen molar-refractivity contribution in [1.82, 2.24) is 5.32 Å². The largest absolute Gasteiger partial charge is 0.444 e. The van der Waals surface area contributed by atoms with Gasteiger partial charge in [-0.2, -0.15) is 0 Å². The van der Waals surface area contributed by atoms with Crippen LogP contribution in [0.25, 0.3) is 0 Å². The lowest BCUT2D eigenvalue weighted by molar-refractivity contribution is 0.0485. The molecule has 97 valence electrons. The molecule has 1 N–H and O–H groups in total. The van der Waals surface area contributed by atoms with Gasteiger partial charge in [0.15, 0.2) is 6.29 Å². The predicted octanol–water partition coefficient (Wildman–Crippen LogP) is 2.57. The van der Waals surface area contributed by atoms with Crippen LogP contribution in [0.1, 0.15) is 52.9 Å². The van der Waals surface area contributed by atoms with Gasteiger partial charge in [-0.1, -0.05) is 6.42 Å². The maximum Gasteiger partial charge on any atom is 0.407 e. The summed E-state index contributed by atoms with van der Waals surface area (Å²) in [6.07, 6.45) is 6.00. The molecule has 1 aliphatic rings. The van der Waals surface area contributed by atoms with Gasteiger partial charge in [-0.3, -0.25) is 4.79 Å². The second-order valence-electron chi connectivity index (χ2n) is 5.72. The molecule has 1 fully saturated rings. The lowest BCUT2D eigenvalue weighted by Gasteiger charge is -2.29. The Morgan fingerprint density at radius 1 is 1.41 bits per heavy atom. The number of rotatable bonds is 3. The summed E-state index contributed by atoms with van der Waals surface area (Å²) in [7, 11) is 0. The molecule has 0 aliphatic heterocycles. The van der Waals surface area contributed by atoms with Crippen LogP contribution in [-0.4, -0.2) is 24.0 Å². The molecule has 1 amide bonds. The number of carbonyl (C=O) groups is 1. The van der Waals surface area contributed by atoms with Crippen LogP contribution < -0.4 is 5.32 Å². The van der Waals surface area contributed by atoms with E-state index in [1.165, 1.54) is 0 Å².